The summed E-state index contributed by atoms with van der Waals surface area (Å²) in [6.45, 7) is 3.18. The van der Waals surface area contributed by atoms with E-state index in [-0.39, 0.29) is 0 Å². The highest BCUT2D eigenvalue weighted by Gasteiger charge is 2.36. The van der Waals surface area contributed by atoms with E-state index in [1.807, 2.05) is 4.90 Å². The van der Waals surface area contributed by atoms with Gasteiger partial charge in [-0.1, -0.05) is 24.2 Å². The molecule has 4 rings (SSSR count). The Bertz CT molecular complexity index is 811. The molecule has 3 heterocycles. The van der Waals surface area contributed by atoms with Gasteiger partial charge in [0.05, 0.1) is 19.0 Å². The van der Waals surface area contributed by atoms with Crippen molar-refractivity contribution in [2.75, 3.05) is 42.6 Å². The first-order chi connectivity index (χ1) is 14.0. The topological polar surface area (TPSA) is 67.3 Å². The van der Waals surface area contributed by atoms with Gasteiger partial charge >= 0.3 is 6.18 Å². The monoisotopic (exact) mass is 428 g/mol. The molecule has 2 aromatic rings. The van der Waals surface area contributed by atoms with Crippen LogP contribution in [0.25, 0.3) is 0 Å². The van der Waals surface area contributed by atoms with Crippen molar-refractivity contribution < 1.29 is 17.9 Å². The molecule has 0 radical (unpaired) electrons. The predicted octanol–water partition coefficient (Wildman–Crippen LogP) is 3.63. The molecule has 1 aliphatic heterocycles. The summed E-state index contributed by atoms with van der Waals surface area (Å²) in [4.78, 5) is 12.8. The third-order valence-corrected chi connectivity index (χ3v) is 6.32. The van der Waals surface area contributed by atoms with Gasteiger partial charge in [-0.25, -0.2) is 0 Å². The molecule has 0 amide bonds. The molecule has 1 aliphatic carbocycles. The fourth-order valence-electron chi connectivity index (χ4n) is 3.74. The van der Waals surface area contributed by atoms with E-state index in [0.29, 0.717) is 54.5 Å². The van der Waals surface area contributed by atoms with Gasteiger partial charge in [0.25, 0.3) is 0 Å². The summed E-state index contributed by atoms with van der Waals surface area (Å²) >= 11 is 0.586. The standard InChI is InChI=1S/C18H23F3N6OS/c19-18(20,21)16-24-25-17(29-16)27-7-3-6-26(8-9-27)14-10-22-11-15(23-14)28-12-13-4-1-2-5-13/h10-11,13H,1-9,12H2. The summed E-state index contributed by atoms with van der Waals surface area (Å²) in [5.74, 6) is 1.85. The van der Waals surface area contributed by atoms with E-state index in [1.54, 1.807) is 12.4 Å². The molecule has 2 aliphatic rings. The van der Waals surface area contributed by atoms with Crippen LogP contribution in [0, 0.1) is 5.92 Å². The number of nitrogens with zero attached hydrogens (tertiary/aromatic N) is 6. The lowest BCUT2D eigenvalue weighted by Crippen LogP contribution is -2.31. The molecule has 2 aromatic heterocycles. The summed E-state index contributed by atoms with van der Waals surface area (Å²) < 4.78 is 44.2. The number of rotatable bonds is 5. The number of anilines is 2. The average molecular weight is 428 g/mol. The van der Waals surface area contributed by atoms with Gasteiger partial charge in [0.15, 0.2) is 5.82 Å². The molecule has 0 spiro atoms. The Morgan fingerprint density at radius 3 is 2.52 bits per heavy atom. The van der Waals surface area contributed by atoms with Crippen molar-refractivity contribution in [2.24, 2.45) is 5.92 Å². The predicted molar refractivity (Wildman–Crippen MR) is 103 cm³/mol. The quantitative estimate of drug-likeness (QED) is 0.720. The van der Waals surface area contributed by atoms with Crippen LogP contribution in [0.15, 0.2) is 12.4 Å². The van der Waals surface area contributed by atoms with Crippen LogP contribution >= 0.6 is 11.3 Å². The zero-order valence-electron chi connectivity index (χ0n) is 15.9. The zero-order valence-corrected chi connectivity index (χ0v) is 16.8. The van der Waals surface area contributed by atoms with Crippen LogP contribution in [0.2, 0.25) is 0 Å². The van der Waals surface area contributed by atoms with Gasteiger partial charge in [-0.05, 0) is 25.2 Å². The third-order valence-electron chi connectivity index (χ3n) is 5.29. The molecule has 2 fully saturated rings. The second-order valence-corrected chi connectivity index (χ2v) is 8.35. The van der Waals surface area contributed by atoms with Crippen molar-refractivity contribution in [2.45, 2.75) is 38.3 Å². The van der Waals surface area contributed by atoms with Crippen LogP contribution in [0.1, 0.15) is 37.1 Å². The van der Waals surface area contributed by atoms with E-state index in [2.05, 4.69) is 25.1 Å². The minimum atomic E-state index is -4.46. The first-order valence-corrected chi connectivity index (χ1v) is 10.7. The Morgan fingerprint density at radius 1 is 1.00 bits per heavy atom. The molecular formula is C18H23F3N6OS. The van der Waals surface area contributed by atoms with Crippen molar-refractivity contribution in [3.05, 3.63) is 17.4 Å². The van der Waals surface area contributed by atoms with E-state index in [0.717, 1.165) is 18.8 Å². The number of hydrogen-bond acceptors (Lipinski definition) is 8. The molecule has 0 aromatic carbocycles. The van der Waals surface area contributed by atoms with E-state index in [4.69, 9.17) is 4.74 Å². The van der Waals surface area contributed by atoms with Crippen molar-refractivity contribution in [1.82, 2.24) is 20.2 Å². The van der Waals surface area contributed by atoms with Gasteiger partial charge in [0.2, 0.25) is 16.0 Å². The molecule has 158 valence electrons. The van der Waals surface area contributed by atoms with Gasteiger partial charge in [0.1, 0.15) is 0 Å². The number of halogens is 3. The lowest BCUT2D eigenvalue weighted by atomic mass is 10.1. The molecule has 0 unspecified atom stereocenters. The van der Waals surface area contributed by atoms with Crippen LogP contribution < -0.4 is 14.5 Å². The van der Waals surface area contributed by atoms with E-state index in [9.17, 15) is 13.2 Å². The summed E-state index contributed by atoms with van der Waals surface area (Å²) in [6.07, 6.45) is 4.59. The zero-order chi connectivity index (χ0) is 20.3. The van der Waals surface area contributed by atoms with Gasteiger partial charge in [0, 0.05) is 26.2 Å². The summed E-state index contributed by atoms with van der Waals surface area (Å²) in [5.41, 5.74) is 0. The highest BCUT2D eigenvalue weighted by Crippen LogP contribution is 2.34. The molecule has 0 N–H and O–H groups in total. The summed E-state index contributed by atoms with van der Waals surface area (Å²) in [6, 6.07) is 0. The van der Waals surface area contributed by atoms with E-state index >= 15 is 0 Å². The van der Waals surface area contributed by atoms with Crippen LogP contribution in [-0.2, 0) is 6.18 Å². The van der Waals surface area contributed by atoms with Crippen molar-refractivity contribution in [3.8, 4) is 5.88 Å². The van der Waals surface area contributed by atoms with Crippen LogP contribution in [-0.4, -0.2) is 53.0 Å². The molecule has 0 atom stereocenters. The van der Waals surface area contributed by atoms with Crippen molar-refractivity contribution in [1.29, 1.82) is 0 Å². The molecule has 1 saturated carbocycles. The summed E-state index contributed by atoms with van der Waals surface area (Å²) in [7, 11) is 0. The first-order valence-electron chi connectivity index (χ1n) is 9.84. The average Bonchev–Trinajstić information content (AvgIpc) is 3.34. The number of ether oxygens (including phenoxy) is 1. The highest BCUT2D eigenvalue weighted by molar-refractivity contribution is 7.15. The minimum absolute atomic E-state index is 0.305. The van der Waals surface area contributed by atoms with Crippen LogP contribution in [0.4, 0.5) is 24.1 Å². The Labute approximate surface area is 170 Å². The normalized spacial score (nSPS) is 18.9. The molecular weight excluding hydrogens is 405 g/mol. The molecule has 0 bridgehead atoms. The Morgan fingerprint density at radius 2 is 1.76 bits per heavy atom. The smallest absolute Gasteiger partial charge is 0.445 e. The maximum Gasteiger partial charge on any atom is 0.445 e. The number of alkyl halides is 3. The minimum Gasteiger partial charge on any atom is -0.476 e. The second kappa shape index (κ2) is 8.68. The van der Waals surface area contributed by atoms with E-state index < -0.39 is 11.2 Å². The van der Waals surface area contributed by atoms with E-state index in [1.165, 1.54) is 25.7 Å². The molecule has 29 heavy (non-hydrogen) atoms. The number of hydrogen-bond donors (Lipinski definition) is 0. The third kappa shape index (κ3) is 5.06. The maximum atomic E-state index is 12.8. The molecule has 1 saturated heterocycles. The molecule has 7 nitrogen and oxygen atoms in total. The van der Waals surface area contributed by atoms with Crippen molar-refractivity contribution >= 4 is 22.3 Å². The fourth-order valence-corrected chi connectivity index (χ4v) is 4.50. The van der Waals surface area contributed by atoms with Gasteiger partial charge in [-0.2, -0.15) is 18.2 Å². The van der Waals surface area contributed by atoms with Crippen molar-refractivity contribution in [3.63, 3.8) is 0 Å². The van der Waals surface area contributed by atoms with Crippen LogP contribution in [0.3, 0.4) is 0 Å². The largest absolute Gasteiger partial charge is 0.476 e. The van der Waals surface area contributed by atoms with Crippen LogP contribution in [0.5, 0.6) is 5.88 Å². The first kappa shape index (κ1) is 20.1. The lowest BCUT2D eigenvalue weighted by Gasteiger charge is -2.22. The maximum absolute atomic E-state index is 12.8. The molecule has 11 heteroatoms. The fraction of sp³-hybridized carbons (Fsp3) is 0.667. The SMILES string of the molecule is FC(F)(F)c1nnc(N2CCCN(c3cncc(OCC4CCCC4)n3)CC2)s1. The Kier molecular flexibility index (Phi) is 6.02. The Hall–Kier alpha value is -2.17. The number of aromatic nitrogens is 4. The van der Waals surface area contributed by atoms with Gasteiger partial charge < -0.3 is 14.5 Å². The second-order valence-electron chi connectivity index (χ2n) is 7.39. The highest BCUT2D eigenvalue weighted by atomic mass is 32.1. The van der Waals surface area contributed by atoms with Gasteiger partial charge in [-0.3, -0.25) is 4.98 Å². The summed E-state index contributed by atoms with van der Waals surface area (Å²) in [5, 5.41) is 6.41. The van der Waals surface area contributed by atoms with Gasteiger partial charge in [-0.15, -0.1) is 10.2 Å². The lowest BCUT2D eigenvalue weighted by molar-refractivity contribution is -0.138. The Balaban J connectivity index is 1.37.